The molecule has 2 atom stereocenters. The number of rotatable bonds is 4. The zero-order chi connectivity index (χ0) is 16.3. The Hall–Kier alpha value is -1.53. The molecule has 2 rings (SSSR count). The molecule has 124 valence electrons. The molecule has 1 saturated carbocycles. The second-order valence-electron chi connectivity index (χ2n) is 5.91. The Kier molecular flexibility index (Phi) is 5.13. The van der Waals surface area contributed by atoms with Crippen molar-refractivity contribution in [3.8, 4) is 0 Å². The first-order valence-corrected chi connectivity index (χ1v) is 7.57. The predicted molar refractivity (Wildman–Crippen MR) is 74.2 cm³/mol. The molecule has 7 heteroatoms. The summed E-state index contributed by atoms with van der Waals surface area (Å²) in [5.74, 6) is -1.12. The zero-order valence-electron chi connectivity index (χ0n) is 12.8. The van der Waals surface area contributed by atoms with E-state index in [4.69, 9.17) is 4.52 Å². The van der Waals surface area contributed by atoms with Gasteiger partial charge in [0.1, 0.15) is 5.76 Å². The number of carbonyl (C=O) groups is 1. The van der Waals surface area contributed by atoms with Crippen molar-refractivity contribution < 1.29 is 22.5 Å². The quantitative estimate of drug-likeness (QED) is 0.925. The van der Waals surface area contributed by atoms with Crippen LogP contribution in [0, 0.1) is 19.8 Å². The highest BCUT2D eigenvalue weighted by atomic mass is 19.4. The first-order valence-electron chi connectivity index (χ1n) is 7.57. The molecule has 1 aliphatic carbocycles. The third-order valence-electron chi connectivity index (χ3n) is 4.32. The van der Waals surface area contributed by atoms with Crippen molar-refractivity contribution in [1.82, 2.24) is 10.5 Å². The summed E-state index contributed by atoms with van der Waals surface area (Å²) in [7, 11) is 0. The fourth-order valence-corrected chi connectivity index (χ4v) is 3.07. The number of halogens is 3. The van der Waals surface area contributed by atoms with Gasteiger partial charge >= 0.3 is 6.18 Å². The Bertz CT molecular complexity index is 506. The van der Waals surface area contributed by atoms with Crippen LogP contribution < -0.4 is 5.32 Å². The molecule has 1 aromatic heterocycles. The van der Waals surface area contributed by atoms with Crippen molar-refractivity contribution in [1.29, 1.82) is 0 Å². The Balaban J connectivity index is 1.90. The third-order valence-corrected chi connectivity index (χ3v) is 4.32. The number of alkyl halides is 3. The van der Waals surface area contributed by atoms with E-state index in [1.165, 1.54) is 0 Å². The first kappa shape index (κ1) is 16.8. The lowest BCUT2D eigenvalue weighted by Gasteiger charge is -2.33. The van der Waals surface area contributed by atoms with Gasteiger partial charge in [0.05, 0.1) is 11.6 Å². The maximum Gasteiger partial charge on any atom is 0.393 e. The molecule has 4 nitrogen and oxygen atoms in total. The fraction of sp³-hybridized carbons (Fsp3) is 0.733. The summed E-state index contributed by atoms with van der Waals surface area (Å²) >= 11 is 0. The zero-order valence-corrected chi connectivity index (χ0v) is 12.8. The van der Waals surface area contributed by atoms with Crippen LogP contribution in [0.5, 0.6) is 0 Å². The van der Waals surface area contributed by atoms with Gasteiger partial charge in [-0.05, 0) is 33.1 Å². The van der Waals surface area contributed by atoms with Gasteiger partial charge < -0.3 is 9.84 Å². The van der Waals surface area contributed by atoms with Gasteiger partial charge in [0.15, 0.2) is 0 Å². The molecule has 1 aromatic rings. The maximum absolute atomic E-state index is 13.0. The molecule has 1 heterocycles. The van der Waals surface area contributed by atoms with Gasteiger partial charge in [0, 0.05) is 18.0 Å². The SMILES string of the molecule is Cc1noc(C)c1CCC(=O)NC1CCCCC1C(F)(F)F. The molecule has 22 heavy (non-hydrogen) atoms. The smallest absolute Gasteiger partial charge is 0.361 e. The maximum atomic E-state index is 13.0. The molecular formula is C15H21F3N2O2. The van der Waals surface area contributed by atoms with Crippen molar-refractivity contribution in [2.24, 2.45) is 5.92 Å². The normalized spacial score (nSPS) is 22.6. The number of aromatic nitrogens is 1. The van der Waals surface area contributed by atoms with Crippen LogP contribution >= 0.6 is 0 Å². The predicted octanol–water partition coefficient (Wildman–Crippen LogP) is 3.46. The second kappa shape index (κ2) is 6.71. The molecule has 0 aromatic carbocycles. The molecule has 2 unspecified atom stereocenters. The van der Waals surface area contributed by atoms with E-state index in [1.807, 2.05) is 0 Å². The number of aryl methyl sites for hydroxylation is 2. The Morgan fingerprint density at radius 3 is 2.59 bits per heavy atom. The summed E-state index contributed by atoms with van der Waals surface area (Å²) in [4.78, 5) is 12.0. The van der Waals surface area contributed by atoms with Crippen LogP contribution in [0.4, 0.5) is 13.2 Å². The van der Waals surface area contributed by atoms with Crippen molar-refractivity contribution >= 4 is 5.91 Å². The summed E-state index contributed by atoms with van der Waals surface area (Å²) in [6.07, 6.45) is -1.91. The van der Waals surface area contributed by atoms with Crippen LogP contribution in [0.25, 0.3) is 0 Å². The second-order valence-corrected chi connectivity index (χ2v) is 5.91. The summed E-state index contributed by atoms with van der Waals surface area (Å²) in [6.45, 7) is 3.54. The Morgan fingerprint density at radius 1 is 1.32 bits per heavy atom. The van der Waals surface area contributed by atoms with Crippen molar-refractivity contribution in [2.75, 3.05) is 0 Å². The van der Waals surface area contributed by atoms with Gasteiger partial charge in [0.25, 0.3) is 0 Å². The molecule has 0 bridgehead atoms. The van der Waals surface area contributed by atoms with E-state index in [1.54, 1.807) is 13.8 Å². The van der Waals surface area contributed by atoms with E-state index in [2.05, 4.69) is 10.5 Å². The lowest BCUT2D eigenvalue weighted by molar-refractivity contribution is -0.189. The van der Waals surface area contributed by atoms with Gasteiger partial charge in [-0.2, -0.15) is 13.2 Å². The van der Waals surface area contributed by atoms with Crippen LogP contribution in [-0.4, -0.2) is 23.3 Å². The fourth-order valence-electron chi connectivity index (χ4n) is 3.07. The number of carbonyl (C=O) groups excluding carboxylic acids is 1. The number of nitrogens with zero attached hydrogens (tertiary/aromatic N) is 1. The number of amides is 1. The lowest BCUT2D eigenvalue weighted by atomic mass is 9.84. The molecule has 1 aliphatic rings. The first-order chi connectivity index (χ1) is 10.3. The van der Waals surface area contributed by atoms with Gasteiger partial charge in [-0.1, -0.05) is 18.0 Å². The van der Waals surface area contributed by atoms with Crippen molar-refractivity contribution in [3.63, 3.8) is 0 Å². The van der Waals surface area contributed by atoms with Gasteiger partial charge in [-0.25, -0.2) is 0 Å². The molecule has 1 amide bonds. The minimum Gasteiger partial charge on any atom is -0.361 e. The Morgan fingerprint density at radius 2 is 2.00 bits per heavy atom. The van der Waals surface area contributed by atoms with E-state index < -0.39 is 18.1 Å². The van der Waals surface area contributed by atoms with E-state index in [9.17, 15) is 18.0 Å². The Labute approximate surface area is 127 Å². The van der Waals surface area contributed by atoms with E-state index in [0.29, 0.717) is 25.0 Å². The van der Waals surface area contributed by atoms with E-state index >= 15 is 0 Å². The molecule has 1 fully saturated rings. The summed E-state index contributed by atoms with van der Waals surface area (Å²) in [6, 6.07) is -0.800. The summed E-state index contributed by atoms with van der Waals surface area (Å²) in [5.41, 5.74) is 1.57. The van der Waals surface area contributed by atoms with Gasteiger partial charge in [0.2, 0.25) is 5.91 Å². The largest absolute Gasteiger partial charge is 0.393 e. The summed E-state index contributed by atoms with van der Waals surface area (Å²) < 4.78 is 44.0. The topological polar surface area (TPSA) is 55.1 Å². The minimum absolute atomic E-state index is 0.0955. The summed E-state index contributed by atoms with van der Waals surface area (Å²) in [5, 5.41) is 6.37. The highest BCUT2D eigenvalue weighted by molar-refractivity contribution is 5.76. The van der Waals surface area contributed by atoms with Crippen molar-refractivity contribution in [3.05, 3.63) is 17.0 Å². The van der Waals surface area contributed by atoms with Crippen LogP contribution in [0.3, 0.4) is 0 Å². The van der Waals surface area contributed by atoms with Crippen molar-refractivity contribution in [2.45, 2.75) is 64.6 Å². The third kappa shape index (κ3) is 4.01. The van der Waals surface area contributed by atoms with Crippen LogP contribution in [0.2, 0.25) is 0 Å². The highest BCUT2D eigenvalue weighted by Crippen LogP contribution is 2.37. The standard InChI is InChI=1S/C15H21F3N2O2/c1-9-11(10(2)22-20-9)7-8-14(21)19-13-6-4-3-5-12(13)15(16,17)18/h12-13H,3-8H2,1-2H3,(H,19,21). The lowest BCUT2D eigenvalue weighted by Crippen LogP contribution is -2.47. The molecule has 0 radical (unpaired) electrons. The average Bonchev–Trinajstić information content (AvgIpc) is 2.75. The number of hydrogen-bond donors (Lipinski definition) is 1. The number of hydrogen-bond acceptors (Lipinski definition) is 3. The molecule has 0 saturated heterocycles. The number of nitrogens with one attached hydrogen (secondary N) is 1. The van der Waals surface area contributed by atoms with Crippen LogP contribution in [0.15, 0.2) is 4.52 Å². The van der Waals surface area contributed by atoms with E-state index in [0.717, 1.165) is 17.7 Å². The highest BCUT2D eigenvalue weighted by Gasteiger charge is 2.45. The average molecular weight is 318 g/mol. The minimum atomic E-state index is -4.25. The van der Waals surface area contributed by atoms with Crippen LogP contribution in [0.1, 0.15) is 49.1 Å². The van der Waals surface area contributed by atoms with E-state index in [-0.39, 0.29) is 18.7 Å². The molecule has 1 N–H and O–H groups in total. The van der Waals surface area contributed by atoms with Crippen LogP contribution in [-0.2, 0) is 11.2 Å². The molecule has 0 spiro atoms. The monoisotopic (exact) mass is 318 g/mol. The van der Waals surface area contributed by atoms with Gasteiger partial charge in [-0.15, -0.1) is 0 Å². The molecule has 0 aliphatic heterocycles. The molecular weight excluding hydrogens is 297 g/mol. The van der Waals surface area contributed by atoms with Gasteiger partial charge in [-0.3, -0.25) is 4.79 Å².